The van der Waals surface area contributed by atoms with Crippen molar-refractivity contribution in [1.29, 1.82) is 0 Å². The van der Waals surface area contributed by atoms with Gasteiger partial charge in [0.2, 0.25) is 5.78 Å². The van der Waals surface area contributed by atoms with Gasteiger partial charge in [-0.25, -0.2) is 14.4 Å². The Labute approximate surface area is 91.2 Å². The summed E-state index contributed by atoms with van der Waals surface area (Å²) in [6, 6.07) is 2.62. The van der Waals surface area contributed by atoms with Crippen LogP contribution in [-0.4, -0.2) is 20.7 Å². The highest BCUT2D eigenvalue weighted by molar-refractivity contribution is 6.07. The molecule has 2 aromatic heterocycles. The van der Waals surface area contributed by atoms with E-state index in [2.05, 4.69) is 15.0 Å². The summed E-state index contributed by atoms with van der Waals surface area (Å²) in [5.74, 6) is -0.413. The van der Waals surface area contributed by atoms with Crippen LogP contribution in [0.1, 0.15) is 21.9 Å². The van der Waals surface area contributed by atoms with E-state index in [4.69, 9.17) is 0 Å². The third-order valence-electron chi connectivity index (χ3n) is 1.98. The van der Waals surface area contributed by atoms with Crippen molar-refractivity contribution in [1.82, 2.24) is 15.0 Å². The van der Waals surface area contributed by atoms with Crippen molar-refractivity contribution in [2.24, 2.45) is 0 Å². The van der Waals surface area contributed by atoms with Crippen molar-refractivity contribution in [3.63, 3.8) is 0 Å². The maximum atomic E-state index is 12.9. The van der Waals surface area contributed by atoms with Gasteiger partial charge in [0.1, 0.15) is 17.3 Å². The Morgan fingerprint density at radius 3 is 2.88 bits per heavy atom. The first-order valence-electron chi connectivity index (χ1n) is 4.62. The molecule has 0 aliphatic carbocycles. The lowest BCUT2D eigenvalue weighted by atomic mass is 10.1. The van der Waals surface area contributed by atoms with Crippen LogP contribution in [0.5, 0.6) is 0 Å². The second kappa shape index (κ2) is 4.14. The highest BCUT2D eigenvalue weighted by atomic mass is 19.1. The summed E-state index contributed by atoms with van der Waals surface area (Å²) in [6.07, 6.45) is 3.84. The van der Waals surface area contributed by atoms with Crippen LogP contribution in [0.2, 0.25) is 0 Å². The number of carbonyl (C=O) groups excluding carboxylic acids is 1. The van der Waals surface area contributed by atoms with E-state index in [1.807, 2.05) is 0 Å². The minimum Gasteiger partial charge on any atom is -0.287 e. The summed E-state index contributed by atoms with van der Waals surface area (Å²) in [4.78, 5) is 23.3. The predicted molar refractivity (Wildman–Crippen MR) is 54.4 cm³/mol. The van der Waals surface area contributed by atoms with Crippen LogP contribution in [0.4, 0.5) is 4.39 Å². The lowest BCUT2D eigenvalue weighted by molar-refractivity contribution is 0.103. The fraction of sp³-hybridized carbons (Fsp3) is 0.0909. The molecule has 0 aliphatic heterocycles. The van der Waals surface area contributed by atoms with Crippen LogP contribution in [0, 0.1) is 12.7 Å². The second-order valence-electron chi connectivity index (χ2n) is 3.21. The predicted octanol–water partition coefficient (Wildman–Crippen LogP) is 1.55. The summed E-state index contributed by atoms with van der Waals surface area (Å²) in [5.41, 5.74) is 0.415. The van der Waals surface area contributed by atoms with Crippen LogP contribution < -0.4 is 0 Å². The molecule has 0 N–H and O–H groups in total. The monoisotopic (exact) mass is 217 g/mol. The molecule has 0 aromatic carbocycles. The summed E-state index contributed by atoms with van der Waals surface area (Å²) < 4.78 is 12.9. The highest BCUT2D eigenvalue weighted by Gasteiger charge is 2.11. The van der Waals surface area contributed by atoms with Crippen molar-refractivity contribution in [2.75, 3.05) is 0 Å². The molecule has 0 fully saturated rings. The summed E-state index contributed by atoms with van der Waals surface area (Å²) >= 11 is 0. The van der Waals surface area contributed by atoms with Gasteiger partial charge in [0, 0.05) is 18.0 Å². The lowest BCUT2D eigenvalue weighted by Gasteiger charge is -2.00. The zero-order valence-electron chi connectivity index (χ0n) is 8.51. The average Bonchev–Trinajstić information content (AvgIpc) is 2.28. The number of nitrogens with zero attached hydrogens (tertiary/aromatic N) is 3. The SMILES string of the molecule is Cc1nccc(C(=O)c2cncc(F)c2)n1. The quantitative estimate of drug-likeness (QED) is 0.716. The highest BCUT2D eigenvalue weighted by Crippen LogP contribution is 2.07. The Kier molecular flexibility index (Phi) is 2.68. The van der Waals surface area contributed by atoms with Gasteiger partial charge in [-0.1, -0.05) is 0 Å². The van der Waals surface area contributed by atoms with Crippen molar-refractivity contribution in [2.45, 2.75) is 6.92 Å². The van der Waals surface area contributed by atoms with Gasteiger partial charge < -0.3 is 0 Å². The van der Waals surface area contributed by atoms with Gasteiger partial charge in [-0.15, -0.1) is 0 Å². The van der Waals surface area contributed by atoms with Gasteiger partial charge in [0.15, 0.2) is 0 Å². The van der Waals surface area contributed by atoms with Gasteiger partial charge in [-0.3, -0.25) is 9.78 Å². The fourth-order valence-corrected chi connectivity index (χ4v) is 1.27. The normalized spacial score (nSPS) is 10.1. The van der Waals surface area contributed by atoms with Gasteiger partial charge in [-0.05, 0) is 19.1 Å². The first-order chi connectivity index (χ1) is 7.66. The number of halogens is 1. The third kappa shape index (κ3) is 2.08. The smallest absolute Gasteiger partial charge is 0.213 e. The molecule has 0 atom stereocenters. The summed E-state index contributed by atoms with van der Waals surface area (Å²) in [5, 5.41) is 0. The van der Waals surface area contributed by atoms with Crippen LogP contribution >= 0.6 is 0 Å². The molecule has 2 rings (SSSR count). The largest absolute Gasteiger partial charge is 0.287 e. The van der Waals surface area contributed by atoms with E-state index in [9.17, 15) is 9.18 Å². The number of ketones is 1. The number of rotatable bonds is 2. The molecular formula is C11H8FN3O. The molecule has 80 valence electrons. The molecule has 0 spiro atoms. The zero-order chi connectivity index (χ0) is 11.5. The lowest BCUT2D eigenvalue weighted by Crippen LogP contribution is -2.06. The Morgan fingerprint density at radius 2 is 2.19 bits per heavy atom. The molecule has 0 saturated heterocycles. The van der Waals surface area contributed by atoms with Gasteiger partial charge in [0.25, 0.3) is 0 Å². The third-order valence-corrected chi connectivity index (χ3v) is 1.98. The Hall–Kier alpha value is -2.17. The molecule has 0 bridgehead atoms. The topological polar surface area (TPSA) is 55.7 Å². The van der Waals surface area contributed by atoms with Crippen molar-refractivity contribution < 1.29 is 9.18 Å². The maximum Gasteiger partial charge on any atom is 0.213 e. The molecule has 0 unspecified atom stereocenters. The number of aryl methyl sites for hydroxylation is 1. The first kappa shape index (κ1) is 10.4. The number of pyridine rings is 1. The molecule has 4 nitrogen and oxygen atoms in total. The molecule has 5 heteroatoms. The minimum atomic E-state index is -0.545. The Balaban J connectivity index is 2.39. The standard InChI is InChI=1S/C11H8FN3O/c1-7-14-3-2-10(15-7)11(16)8-4-9(12)6-13-5-8/h2-6H,1H3. The van der Waals surface area contributed by atoms with Crippen LogP contribution in [0.15, 0.2) is 30.7 Å². The van der Waals surface area contributed by atoms with Crippen molar-refractivity contribution >= 4 is 5.78 Å². The molecule has 0 aliphatic rings. The molecule has 16 heavy (non-hydrogen) atoms. The zero-order valence-corrected chi connectivity index (χ0v) is 8.51. The van der Waals surface area contributed by atoms with E-state index in [-0.39, 0.29) is 17.0 Å². The van der Waals surface area contributed by atoms with E-state index < -0.39 is 5.82 Å². The van der Waals surface area contributed by atoms with Gasteiger partial charge in [-0.2, -0.15) is 0 Å². The van der Waals surface area contributed by atoms with E-state index in [0.717, 1.165) is 12.3 Å². The number of carbonyl (C=O) groups is 1. The molecular weight excluding hydrogens is 209 g/mol. The summed E-state index contributed by atoms with van der Waals surface area (Å²) in [6.45, 7) is 1.68. The molecule has 0 saturated carbocycles. The number of hydrogen-bond acceptors (Lipinski definition) is 4. The minimum absolute atomic E-state index is 0.179. The first-order valence-corrected chi connectivity index (χ1v) is 4.62. The van der Waals surface area contributed by atoms with E-state index in [1.54, 1.807) is 6.92 Å². The Bertz CT molecular complexity index is 495. The molecule has 2 heterocycles. The van der Waals surface area contributed by atoms with Crippen molar-refractivity contribution in [3.8, 4) is 0 Å². The van der Waals surface area contributed by atoms with Crippen LogP contribution in [0.3, 0.4) is 0 Å². The number of hydrogen-bond donors (Lipinski definition) is 0. The summed E-state index contributed by atoms with van der Waals surface area (Å²) in [7, 11) is 0. The Morgan fingerprint density at radius 1 is 1.38 bits per heavy atom. The average molecular weight is 217 g/mol. The van der Waals surface area contributed by atoms with E-state index in [0.29, 0.717) is 5.82 Å². The van der Waals surface area contributed by atoms with Crippen molar-refractivity contribution in [3.05, 3.63) is 53.6 Å². The van der Waals surface area contributed by atoms with Gasteiger partial charge >= 0.3 is 0 Å². The van der Waals surface area contributed by atoms with Crippen LogP contribution in [0.25, 0.3) is 0 Å². The maximum absolute atomic E-state index is 12.9. The second-order valence-corrected chi connectivity index (χ2v) is 3.21. The molecule has 0 amide bonds. The van der Waals surface area contributed by atoms with E-state index >= 15 is 0 Å². The fourth-order valence-electron chi connectivity index (χ4n) is 1.27. The van der Waals surface area contributed by atoms with Crippen LogP contribution in [-0.2, 0) is 0 Å². The number of aromatic nitrogens is 3. The molecule has 0 radical (unpaired) electrons. The molecule has 2 aromatic rings. The van der Waals surface area contributed by atoms with E-state index in [1.165, 1.54) is 18.5 Å². The van der Waals surface area contributed by atoms with Gasteiger partial charge in [0.05, 0.1) is 6.20 Å².